The van der Waals surface area contributed by atoms with E-state index in [9.17, 15) is 29.1 Å². The quantitative estimate of drug-likeness (QED) is 0.135. The maximum Gasteiger partial charge on any atom is 0.374 e. The number of aldehydes is 1. The summed E-state index contributed by atoms with van der Waals surface area (Å²) in [5.41, 5.74) is 4.78. The summed E-state index contributed by atoms with van der Waals surface area (Å²) >= 11 is 0. The Kier molecular flexibility index (Phi) is 7.42. The zero-order valence-electron chi connectivity index (χ0n) is 16.2. The minimum Gasteiger partial charge on any atom is -0.467 e. The molecule has 0 aliphatic carbocycles. The first kappa shape index (κ1) is 23.5. The highest BCUT2D eigenvalue weighted by Crippen LogP contribution is 2.27. The fraction of sp³-hybridized carbons (Fsp3) is 0.278. The van der Waals surface area contributed by atoms with Crippen molar-refractivity contribution in [1.82, 2.24) is 10.8 Å². The number of fused-ring (bicyclic) bond motifs is 1. The van der Waals surface area contributed by atoms with E-state index in [1.165, 1.54) is 6.26 Å². The molecule has 0 saturated heterocycles. The van der Waals surface area contributed by atoms with Gasteiger partial charge in [-0.25, -0.2) is 4.79 Å². The van der Waals surface area contributed by atoms with Gasteiger partial charge in [0.25, 0.3) is 5.91 Å². The average molecular weight is 436 g/mol. The van der Waals surface area contributed by atoms with E-state index >= 15 is 0 Å². The minimum absolute atomic E-state index is 0.00532. The minimum atomic E-state index is -2.65. The van der Waals surface area contributed by atoms with Crippen LogP contribution in [0.2, 0.25) is 0 Å². The summed E-state index contributed by atoms with van der Waals surface area (Å²) in [7, 11) is 0. The second-order valence-electron chi connectivity index (χ2n) is 6.42. The van der Waals surface area contributed by atoms with Gasteiger partial charge in [0.1, 0.15) is 18.2 Å². The highest BCUT2D eigenvalue weighted by atomic mass is 16.7. The molecule has 1 aromatic heterocycles. The number of nitrogens with one attached hydrogen (secondary N) is 2. The number of aliphatic hydroxyl groups excluding tert-OH is 1. The first-order valence-corrected chi connectivity index (χ1v) is 8.71. The van der Waals surface area contributed by atoms with Crippen molar-refractivity contribution in [2.75, 3.05) is 0 Å². The van der Waals surface area contributed by atoms with Gasteiger partial charge in [0.2, 0.25) is 11.6 Å². The van der Waals surface area contributed by atoms with Gasteiger partial charge in [0.05, 0.1) is 12.7 Å². The number of hydroxylamine groups is 1. The summed E-state index contributed by atoms with van der Waals surface area (Å²) in [6, 6.07) is 6.73. The fourth-order valence-corrected chi connectivity index (χ4v) is 2.67. The molecule has 0 spiro atoms. The molecule has 0 aliphatic heterocycles. The zero-order valence-corrected chi connectivity index (χ0v) is 16.2. The molecule has 0 saturated carbocycles. The highest BCUT2D eigenvalue weighted by molar-refractivity contribution is 6.01. The van der Waals surface area contributed by atoms with Crippen LogP contribution in [0.1, 0.15) is 25.0 Å². The summed E-state index contributed by atoms with van der Waals surface area (Å²) in [5.74, 6) is -1.45. The Morgan fingerprint density at radius 2 is 1.97 bits per heavy atom. The van der Waals surface area contributed by atoms with Gasteiger partial charge in [-0.15, -0.1) is 0 Å². The normalized spacial score (nSPS) is 14.6. The monoisotopic (exact) mass is 436 g/mol. The Bertz CT molecular complexity index is 1000. The molecule has 7 N–H and O–H groups in total. The summed E-state index contributed by atoms with van der Waals surface area (Å²) in [6.45, 7) is 0.978. The standard InChI is InChI=1S/C18H20N4O9/c1-9(24)21-18(19,13(25)6-14(26)30-20)17(28)31-22-16(27)12(7-23)15-11-5-3-2-4-10(11)8-29-15/h2-5,7-8,12-13,25H,6,19-20H2,1H3,(H,21,24)(H,22,27)/t12?,13-,18?/m0/s1. The van der Waals surface area contributed by atoms with Crippen molar-refractivity contribution in [3.05, 3.63) is 36.3 Å². The maximum atomic E-state index is 12.4. The number of nitrogens with two attached hydrogens (primary N) is 2. The van der Waals surface area contributed by atoms with Crippen molar-refractivity contribution < 1.29 is 43.2 Å². The predicted octanol–water partition coefficient (Wildman–Crippen LogP) is -1.75. The van der Waals surface area contributed by atoms with Crippen molar-refractivity contribution in [2.45, 2.75) is 31.0 Å². The van der Waals surface area contributed by atoms with E-state index < -0.39 is 47.9 Å². The zero-order chi connectivity index (χ0) is 23.2. The molecule has 166 valence electrons. The second kappa shape index (κ2) is 9.80. The number of furan rings is 1. The highest BCUT2D eigenvalue weighted by Gasteiger charge is 2.46. The molecule has 1 heterocycles. The van der Waals surface area contributed by atoms with Crippen LogP contribution in [-0.2, 0) is 33.6 Å². The van der Waals surface area contributed by atoms with Crippen molar-refractivity contribution in [2.24, 2.45) is 11.6 Å². The van der Waals surface area contributed by atoms with E-state index in [0.29, 0.717) is 10.8 Å². The third kappa shape index (κ3) is 5.22. The number of carbonyl (C=O) groups excluding carboxylic acids is 5. The lowest BCUT2D eigenvalue weighted by molar-refractivity contribution is -0.172. The Hall–Kier alpha value is -3.81. The van der Waals surface area contributed by atoms with Crippen LogP contribution < -0.4 is 22.4 Å². The largest absolute Gasteiger partial charge is 0.467 e. The Morgan fingerprint density at radius 3 is 2.58 bits per heavy atom. The smallest absolute Gasteiger partial charge is 0.374 e. The Labute approximate surface area is 174 Å². The summed E-state index contributed by atoms with van der Waals surface area (Å²) in [4.78, 5) is 67.4. The van der Waals surface area contributed by atoms with Gasteiger partial charge in [0, 0.05) is 17.7 Å². The molecule has 2 aromatic rings. The van der Waals surface area contributed by atoms with Crippen molar-refractivity contribution in [3.63, 3.8) is 0 Å². The molecule has 13 heteroatoms. The van der Waals surface area contributed by atoms with Crippen LogP contribution in [0.15, 0.2) is 34.9 Å². The molecule has 13 nitrogen and oxygen atoms in total. The van der Waals surface area contributed by atoms with Gasteiger partial charge in [-0.05, 0) is 0 Å². The molecule has 0 radical (unpaired) electrons. The topological polar surface area (TPSA) is 213 Å². The Balaban J connectivity index is 2.16. The van der Waals surface area contributed by atoms with Crippen LogP contribution in [-0.4, -0.2) is 46.9 Å². The Morgan fingerprint density at radius 1 is 1.29 bits per heavy atom. The molecule has 1 aromatic carbocycles. The van der Waals surface area contributed by atoms with Gasteiger partial charge < -0.3 is 29.3 Å². The number of hydrogen-bond donors (Lipinski definition) is 5. The lowest BCUT2D eigenvalue weighted by Gasteiger charge is -2.31. The third-order valence-corrected chi connectivity index (χ3v) is 4.22. The van der Waals surface area contributed by atoms with E-state index in [1.54, 1.807) is 29.7 Å². The van der Waals surface area contributed by atoms with Gasteiger partial charge in [-0.2, -0.15) is 11.4 Å². The number of rotatable bonds is 8. The van der Waals surface area contributed by atoms with Gasteiger partial charge in [0.15, 0.2) is 5.92 Å². The maximum absolute atomic E-state index is 12.4. The van der Waals surface area contributed by atoms with Crippen LogP contribution >= 0.6 is 0 Å². The van der Waals surface area contributed by atoms with E-state index in [0.717, 1.165) is 6.92 Å². The van der Waals surface area contributed by atoms with Crippen molar-refractivity contribution in [3.8, 4) is 0 Å². The second-order valence-corrected chi connectivity index (χ2v) is 6.42. The average Bonchev–Trinajstić information content (AvgIpc) is 3.15. The first-order chi connectivity index (χ1) is 14.6. The third-order valence-electron chi connectivity index (χ3n) is 4.22. The van der Waals surface area contributed by atoms with E-state index in [1.807, 2.05) is 5.32 Å². The van der Waals surface area contributed by atoms with Crippen LogP contribution in [0.3, 0.4) is 0 Å². The van der Waals surface area contributed by atoms with E-state index in [-0.39, 0.29) is 12.0 Å². The van der Waals surface area contributed by atoms with Crippen molar-refractivity contribution in [1.29, 1.82) is 0 Å². The molecular formula is C18H20N4O9. The molecule has 2 rings (SSSR count). The van der Waals surface area contributed by atoms with Crippen molar-refractivity contribution >= 4 is 40.8 Å². The lowest BCUT2D eigenvalue weighted by Crippen LogP contribution is -2.69. The molecule has 3 atom stereocenters. The summed E-state index contributed by atoms with van der Waals surface area (Å²) < 4.78 is 5.29. The molecule has 31 heavy (non-hydrogen) atoms. The van der Waals surface area contributed by atoms with Gasteiger partial charge >= 0.3 is 11.9 Å². The number of amides is 2. The molecule has 2 amide bonds. The molecule has 0 fully saturated rings. The predicted molar refractivity (Wildman–Crippen MR) is 101 cm³/mol. The van der Waals surface area contributed by atoms with Crippen LogP contribution in [0, 0.1) is 0 Å². The van der Waals surface area contributed by atoms with Gasteiger partial charge in [-0.1, -0.05) is 24.3 Å². The first-order valence-electron chi connectivity index (χ1n) is 8.71. The molecule has 0 bridgehead atoms. The van der Waals surface area contributed by atoms with E-state index in [2.05, 4.69) is 15.6 Å². The summed E-state index contributed by atoms with van der Waals surface area (Å²) in [6.07, 6.45) is -1.31. The number of carbonyl (C=O) groups is 5. The number of benzene rings is 1. The van der Waals surface area contributed by atoms with Crippen LogP contribution in [0.25, 0.3) is 10.8 Å². The number of hydrogen-bond acceptors (Lipinski definition) is 11. The lowest BCUT2D eigenvalue weighted by atomic mass is 10.0. The van der Waals surface area contributed by atoms with Crippen LogP contribution in [0.4, 0.5) is 0 Å². The SMILES string of the molecule is CC(=O)NC(N)(C(=O)ONC(=O)C(C=O)c1occ2ccccc12)[C@@H](O)CC(=O)ON. The number of aliphatic hydroxyl groups is 1. The molecule has 0 aliphatic rings. The van der Waals surface area contributed by atoms with Gasteiger partial charge in [-0.3, -0.25) is 20.1 Å². The summed E-state index contributed by atoms with van der Waals surface area (Å²) in [5, 5.41) is 13.2. The molecule has 2 unspecified atom stereocenters. The van der Waals surface area contributed by atoms with Crippen LogP contribution in [0.5, 0.6) is 0 Å². The van der Waals surface area contributed by atoms with E-state index in [4.69, 9.17) is 10.2 Å². The molecular weight excluding hydrogens is 416 g/mol. The fourth-order valence-electron chi connectivity index (χ4n) is 2.67.